The number of methoxy groups -OCH3 is 1. The van der Waals surface area contributed by atoms with Gasteiger partial charge in [0.15, 0.2) is 5.03 Å². The van der Waals surface area contributed by atoms with E-state index in [1.54, 1.807) is 16.8 Å². The molecule has 0 saturated heterocycles. The maximum absolute atomic E-state index is 13.3. The molecule has 0 atom stereocenters. The molecular weight excluding hydrogens is 364 g/mol. The molecule has 1 aliphatic heterocycles. The number of nitrogens with zero attached hydrogens (tertiary/aromatic N) is 4. The number of fused-ring (bicyclic) bond motifs is 1. The van der Waals surface area contributed by atoms with Crippen molar-refractivity contribution in [3.05, 3.63) is 65.9 Å². The number of hydrogen-bond donors (Lipinski definition) is 0. The van der Waals surface area contributed by atoms with Gasteiger partial charge >= 0.3 is 0 Å². The van der Waals surface area contributed by atoms with Gasteiger partial charge in [0, 0.05) is 19.2 Å². The summed E-state index contributed by atoms with van der Waals surface area (Å²) < 4.78 is 34.6. The molecule has 3 heterocycles. The summed E-state index contributed by atoms with van der Waals surface area (Å²) >= 11 is 0. The third kappa shape index (κ3) is 3.28. The normalized spacial score (nSPS) is 13.6. The summed E-state index contributed by atoms with van der Waals surface area (Å²) in [5, 5.41) is 4.40. The van der Waals surface area contributed by atoms with E-state index in [2.05, 4.69) is 10.1 Å². The predicted molar refractivity (Wildman–Crippen MR) is 101 cm³/mol. The second-order valence-corrected chi connectivity index (χ2v) is 8.10. The lowest BCUT2D eigenvalue weighted by molar-refractivity contribution is 0.398. The van der Waals surface area contributed by atoms with Crippen LogP contribution in [-0.4, -0.2) is 36.8 Å². The first-order valence-electron chi connectivity index (χ1n) is 8.72. The van der Waals surface area contributed by atoms with E-state index in [9.17, 15) is 8.42 Å². The van der Waals surface area contributed by atoms with E-state index in [4.69, 9.17) is 4.74 Å². The van der Waals surface area contributed by atoms with Crippen LogP contribution in [0.5, 0.6) is 5.88 Å². The van der Waals surface area contributed by atoms with Crippen molar-refractivity contribution in [1.29, 1.82) is 0 Å². The molecule has 0 spiro atoms. The monoisotopic (exact) mass is 384 g/mol. The smallest absolute Gasteiger partial charge is 0.282 e. The Balaban J connectivity index is 1.62. The van der Waals surface area contributed by atoms with E-state index in [-0.39, 0.29) is 5.03 Å². The van der Waals surface area contributed by atoms with Gasteiger partial charge in [-0.2, -0.15) is 18.5 Å². The summed E-state index contributed by atoms with van der Waals surface area (Å²) in [7, 11) is -2.24. The molecule has 7 nitrogen and oxygen atoms in total. The maximum atomic E-state index is 13.3. The Hall–Kier alpha value is -2.87. The van der Waals surface area contributed by atoms with Crippen molar-refractivity contribution in [2.75, 3.05) is 18.0 Å². The zero-order valence-corrected chi connectivity index (χ0v) is 15.8. The average molecular weight is 384 g/mol. The molecule has 27 heavy (non-hydrogen) atoms. The zero-order chi connectivity index (χ0) is 18.9. The Kier molecular flexibility index (Phi) is 4.57. The molecule has 0 radical (unpaired) electrons. The summed E-state index contributed by atoms with van der Waals surface area (Å²) in [4.78, 5) is 4.35. The second kappa shape index (κ2) is 7.03. The molecule has 1 aliphatic rings. The fourth-order valence-corrected chi connectivity index (χ4v) is 4.83. The van der Waals surface area contributed by atoms with Gasteiger partial charge in [-0.15, -0.1) is 0 Å². The van der Waals surface area contributed by atoms with Gasteiger partial charge in [-0.3, -0.25) is 4.68 Å². The molecular formula is C19H20N4O3S. The minimum Gasteiger partial charge on any atom is -0.481 e. The highest BCUT2D eigenvalue weighted by atomic mass is 32.2. The van der Waals surface area contributed by atoms with E-state index in [0.717, 1.165) is 11.1 Å². The van der Waals surface area contributed by atoms with Crippen molar-refractivity contribution >= 4 is 15.8 Å². The molecule has 0 amide bonds. The molecule has 140 valence electrons. The number of ether oxygens (including phenoxy) is 1. The maximum Gasteiger partial charge on any atom is 0.282 e. The van der Waals surface area contributed by atoms with Crippen LogP contribution in [0.25, 0.3) is 0 Å². The molecule has 3 aromatic rings. The van der Waals surface area contributed by atoms with Crippen LogP contribution in [0, 0.1) is 0 Å². The average Bonchev–Trinajstić information content (AvgIpc) is 3.34. The number of sulfonamides is 1. The lowest BCUT2D eigenvalue weighted by Crippen LogP contribution is -2.31. The standard InChI is InChI=1S/C19H20N4O3S/c1-26-17-8-7-16-11-14-23(19(16)21-17)27(24,25)18-9-12-20-22(18)13-10-15-5-3-2-4-6-15/h2-9,12H,10-11,13-14H2,1H3. The SMILES string of the molecule is COc1ccc2c(n1)N(S(=O)(=O)c1ccnn1CCc1ccccc1)CC2. The summed E-state index contributed by atoms with van der Waals surface area (Å²) in [5.74, 6) is 0.832. The number of aromatic nitrogens is 3. The van der Waals surface area contributed by atoms with Crippen molar-refractivity contribution in [3.8, 4) is 5.88 Å². The highest BCUT2D eigenvalue weighted by Crippen LogP contribution is 2.32. The molecule has 4 rings (SSSR count). The molecule has 0 unspecified atom stereocenters. The Labute approximate surface area is 158 Å². The minimum absolute atomic E-state index is 0.177. The third-order valence-electron chi connectivity index (χ3n) is 4.65. The topological polar surface area (TPSA) is 77.3 Å². The van der Waals surface area contributed by atoms with Crippen LogP contribution in [-0.2, 0) is 29.4 Å². The van der Waals surface area contributed by atoms with Gasteiger partial charge in [-0.25, -0.2) is 4.31 Å². The summed E-state index contributed by atoms with van der Waals surface area (Å²) in [6, 6.07) is 15.1. The van der Waals surface area contributed by atoms with Crippen LogP contribution >= 0.6 is 0 Å². The molecule has 0 bridgehead atoms. The van der Waals surface area contributed by atoms with Crippen LogP contribution in [0.3, 0.4) is 0 Å². The van der Waals surface area contributed by atoms with E-state index >= 15 is 0 Å². The minimum atomic E-state index is -3.75. The van der Waals surface area contributed by atoms with Crippen molar-refractivity contribution in [2.45, 2.75) is 24.4 Å². The van der Waals surface area contributed by atoms with Gasteiger partial charge in [-0.1, -0.05) is 30.3 Å². The molecule has 0 saturated carbocycles. The second-order valence-electron chi connectivity index (χ2n) is 6.29. The molecule has 8 heteroatoms. The Morgan fingerprint density at radius 3 is 2.70 bits per heavy atom. The lowest BCUT2D eigenvalue weighted by Gasteiger charge is -2.19. The summed E-state index contributed by atoms with van der Waals surface area (Å²) in [5.41, 5.74) is 2.03. The van der Waals surface area contributed by atoms with Crippen LogP contribution < -0.4 is 9.04 Å². The number of hydrogen-bond acceptors (Lipinski definition) is 5. The van der Waals surface area contributed by atoms with Gasteiger partial charge < -0.3 is 4.74 Å². The first kappa shape index (κ1) is 17.5. The first-order valence-corrected chi connectivity index (χ1v) is 10.2. The van der Waals surface area contributed by atoms with E-state index < -0.39 is 10.0 Å². The Morgan fingerprint density at radius 2 is 1.93 bits per heavy atom. The summed E-state index contributed by atoms with van der Waals surface area (Å²) in [6.07, 6.45) is 2.85. The van der Waals surface area contributed by atoms with Crippen molar-refractivity contribution in [1.82, 2.24) is 14.8 Å². The third-order valence-corrected chi connectivity index (χ3v) is 6.46. The van der Waals surface area contributed by atoms with Gasteiger partial charge in [0.25, 0.3) is 10.0 Å². The van der Waals surface area contributed by atoms with Crippen LogP contribution in [0.15, 0.2) is 59.8 Å². The molecule has 1 aromatic carbocycles. The van der Waals surface area contributed by atoms with E-state index in [0.29, 0.717) is 37.6 Å². The molecule has 0 aliphatic carbocycles. The Bertz CT molecular complexity index is 1050. The molecule has 2 aromatic heterocycles. The lowest BCUT2D eigenvalue weighted by atomic mass is 10.1. The highest BCUT2D eigenvalue weighted by molar-refractivity contribution is 7.92. The van der Waals surface area contributed by atoms with Crippen molar-refractivity contribution in [2.24, 2.45) is 0 Å². The number of benzene rings is 1. The van der Waals surface area contributed by atoms with E-state index in [1.807, 2.05) is 36.4 Å². The highest BCUT2D eigenvalue weighted by Gasteiger charge is 2.34. The van der Waals surface area contributed by atoms with Gasteiger partial charge in [0.2, 0.25) is 5.88 Å². The van der Waals surface area contributed by atoms with Crippen LogP contribution in [0.1, 0.15) is 11.1 Å². The fraction of sp³-hybridized carbons (Fsp3) is 0.263. The predicted octanol–water partition coefficient (Wildman–Crippen LogP) is 2.28. The molecule has 0 N–H and O–H groups in total. The van der Waals surface area contributed by atoms with Gasteiger partial charge in [0.05, 0.1) is 13.3 Å². The molecule has 0 fully saturated rings. The Morgan fingerprint density at radius 1 is 1.11 bits per heavy atom. The quantitative estimate of drug-likeness (QED) is 0.652. The van der Waals surface area contributed by atoms with E-state index in [1.165, 1.54) is 17.6 Å². The van der Waals surface area contributed by atoms with Crippen LogP contribution in [0.4, 0.5) is 5.82 Å². The number of pyridine rings is 1. The number of rotatable bonds is 6. The number of aryl methyl sites for hydroxylation is 2. The zero-order valence-electron chi connectivity index (χ0n) is 14.9. The van der Waals surface area contributed by atoms with Crippen molar-refractivity contribution in [3.63, 3.8) is 0 Å². The fourth-order valence-electron chi connectivity index (χ4n) is 3.25. The van der Waals surface area contributed by atoms with Gasteiger partial charge in [-0.05, 0) is 36.1 Å². The number of anilines is 1. The largest absolute Gasteiger partial charge is 0.481 e. The summed E-state index contributed by atoms with van der Waals surface area (Å²) in [6.45, 7) is 0.847. The van der Waals surface area contributed by atoms with Gasteiger partial charge in [0.1, 0.15) is 5.82 Å². The van der Waals surface area contributed by atoms with Crippen LogP contribution in [0.2, 0.25) is 0 Å². The van der Waals surface area contributed by atoms with Crippen molar-refractivity contribution < 1.29 is 13.2 Å². The first-order chi connectivity index (χ1) is 13.1.